The van der Waals surface area contributed by atoms with Crippen molar-refractivity contribution in [1.82, 2.24) is 3.71 Å². The third-order valence-electron chi connectivity index (χ3n) is 0.769. The predicted molar refractivity (Wildman–Crippen MR) is 70.4 cm³/mol. The van der Waals surface area contributed by atoms with E-state index < -0.39 is 6.09 Å². The molecule has 0 aromatic rings. The van der Waals surface area contributed by atoms with Crippen molar-refractivity contribution in [2.75, 3.05) is 11.5 Å². The Morgan fingerprint density at radius 1 is 1.21 bits per heavy atom. The minimum absolute atomic E-state index is 0.723. The minimum Gasteiger partial charge on any atom is -0.464 e. The van der Waals surface area contributed by atoms with Crippen LogP contribution in [-0.2, 0) is 0 Å². The quantitative estimate of drug-likeness (QED) is 0.311. The first-order chi connectivity index (χ1) is 6.72. The maximum Gasteiger partial charge on any atom is 0.429 e. The lowest BCUT2D eigenvalue weighted by Crippen LogP contribution is -2.11. The summed E-state index contributed by atoms with van der Waals surface area (Å²) in [5, 5.41) is 8.78. The average Bonchev–Trinajstić information content (AvgIpc) is 2.15. The van der Waals surface area contributed by atoms with Gasteiger partial charge in [-0.25, -0.2) is 4.79 Å². The van der Waals surface area contributed by atoms with Gasteiger partial charge in [0.15, 0.2) is 0 Å². The molecule has 0 bridgehead atoms. The van der Waals surface area contributed by atoms with Crippen molar-refractivity contribution >= 4 is 49.6 Å². The van der Waals surface area contributed by atoms with Crippen molar-refractivity contribution < 1.29 is 9.90 Å². The second kappa shape index (κ2) is 9.70. The van der Waals surface area contributed by atoms with Gasteiger partial charge < -0.3 is 5.11 Å². The molecule has 0 heterocycles. The standard InChI is InChI=1S/C7H11NO2S4/c1-3-5-11-13-8(7(9)10)14-12-6-4-2/h3-4H,1-2,5-6H2,(H,9,10). The van der Waals surface area contributed by atoms with Crippen LogP contribution < -0.4 is 0 Å². The van der Waals surface area contributed by atoms with E-state index >= 15 is 0 Å². The summed E-state index contributed by atoms with van der Waals surface area (Å²) in [7, 11) is 5.25. The Balaban J connectivity index is 3.71. The van der Waals surface area contributed by atoms with Crippen LogP contribution in [0, 0.1) is 0 Å². The summed E-state index contributed by atoms with van der Waals surface area (Å²) in [6.45, 7) is 7.10. The lowest BCUT2D eigenvalue weighted by atomic mass is 10.8. The van der Waals surface area contributed by atoms with Gasteiger partial charge in [-0.15, -0.1) is 13.2 Å². The molecule has 0 saturated heterocycles. The number of nitrogens with zero attached hydrogens (tertiary/aromatic N) is 1. The molecule has 0 aliphatic heterocycles. The first-order valence-electron chi connectivity index (χ1n) is 3.56. The molecule has 0 aromatic carbocycles. The van der Waals surface area contributed by atoms with E-state index in [4.69, 9.17) is 5.11 Å². The summed E-state index contributed by atoms with van der Waals surface area (Å²) in [5.41, 5.74) is 0. The summed E-state index contributed by atoms with van der Waals surface area (Å²) >= 11 is 0. The van der Waals surface area contributed by atoms with Crippen LogP contribution in [0.3, 0.4) is 0 Å². The second-order valence-corrected chi connectivity index (χ2v) is 6.54. The number of hydrogen-bond donors (Lipinski definition) is 1. The van der Waals surface area contributed by atoms with Crippen molar-refractivity contribution in [3.63, 3.8) is 0 Å². The molecule has 1 N–H and O–H groups in total. The Bertz CT molecular complexity index is 186. The van der Waals surface area contributed by atoms with Gasteiger partial charge in [0.2, 0.25) is 0 Å². The normalized spacial score (nSPS) is 9.43. The first kappa shape index (κ1) is 14.2. The first-order valence-corrected chi connectivity index (χ1v) is 8.11. The van der Waals surface area contributed by atoms with Crippen molar-refractivity contribution in [3.05, 3.63) is 25.3 Å². The van der Waals surface area contributed by atoms with Crippen LogP contribution in [0.1, 0.15) is 0 Å². The predicted octanol–water partition coefficient (Wildman–Crippen LogP) is 3.93. The largest absolute Gasteiger partial charge is 0.464 e. The molecule has 0 radical (unpaired) electrons. The van der Waals surface area contributed by atoms with Gasteiger partial charge >= 0.3 is 6.09 Å². The Kier molecular flexibility index (Phi) is 9.80. The Morgan fingerprint density at radius 2 is 1.64 bits per heavy atom. The monoisotopic (exact) mass is 269 g/mol. The Hall–Kier alpha value is 0.150. The fourth-order valence-corrected chi connectivity index (χ4v) is 4.63. The molecular formula is C7H11NO2S4. The van der Waals surface area contributed by atoms with E-state index in [1.165, 1.54) is 47.3 Å². The third kappa shape index (κ3) is 7.54. The van der Waals surface area contributed by atoms with E-state index in [0.717, 1.165) is 11.5 Å². The van der Waals surface area contributed by atoms with Gasteiger partial charge in [-0.2, -0.15) is 3.71 Å². The third-order valence-corrected chi connectivity index (χ3v) is 5.66. The van der Waals surface area contributed by atoms with Gasteiger partial charge in [-0.05, 0) is 0 Å². The average molecular weight is 269 g/mol. The molecule has 0 rings (SSSR count). The number of carbonyl (C=O) groups is 1. The Morgan fingerprint density at radius 3 is 1.93 bits per heavy atom. The fraction of sp³-hybridized carbons (Fsp3) is 0.286. The van der Waals surface area contributed by atoms with E-state index in [9.17, 15) is 4.79 Å². The zero-order valence-corrected chi connectivity index (χ0v) is 10.7. The molecule has 14 heavy (non-hydrogen) atoms. The summed E-state index contributed by atoms with van der Waals surface area (Å²) in [6.07, 6.45) is 2.52. The topological polar surface area (TPSA) is 40.5 Å². The molecule has 7 heteroatoms. The zero-order chi connectivity index (χ0) is 10.8. The van der Waals surface area contributed by atoms with Gasteiger partial charge in [0.25, 0.3) is 0 Å². The van der Waals surface area contributed by atoms with Gasteiger partial charge in [0.05, 0.1) is 0 Å². The van der Waals surface area contributed by atoms with E-state index in [2.05, 4.69) is 13.2 Å². The zero-order valence-electron chi connectivity index (χ0n) is 7.42. The Labute approximate surface area is 99.8 Å². The molecule has 0 aliphatic rings. The summed E-state index contributed by atoms with van der Waals surface area (Å²) in [5.74, 6) is 1.45. The van der Waals surface area contributed by atoms with E-state index in [1.54, 1.807) is 12.2 Å². The molecule has 0 aromatic heterocycles. The van der Waals surface area contributed by atoms with Crippen LogP contribution in [-0.4, -0.2) is 26.4 Å². The maximum absolute atomic E-state index is 10.7. The SMILES string of the molecule is C=CCSSN(SSCC=C)C(=O)O. The lowest BCUT2D eigenvalue weighted by Gasteiger charge is -2.12. The van der Waals surface area contributed by atoms with Crippen LogP contribution in [0.25, 0.3) is 0 Å². The number of rotatable bonds is 8. The van der Waals surface area contributed by atoms with Crippen molar-refractivity contribution in [3.8, 4) is 0 Å². The highest BCUT2D eigenvalue weighted by atomic mass is 33.1. The van der Waals surface area contributed by atoms with Crippen molar-refractivity contribution in [2.45, 2.75) is 0 Å². The van der Waals surface area contributed by atoms with E-state index in [-0.39, 0.29) is 0 Å². The lowest BCUT2D eigenvalue weighted by molar-refractivity contribution is 0.191. The fourth-order valence-electron chi connectivity index (χ4n) is 0.329. The summed E-state index contributed by atoms with van der Waals surface area (Å²) in [6, 6.07) is 0. The molecular weight excluding hydrogens is 258 g/mol. The molecule has 0 atom stereocenters. The van der Waals surface area contributed by atoms with Crippen LogP contribution in [0.4, 0.5) is 4.79 Å². The van der Waals surface area contributed by atoms with Crippen LogP contribution in [0.2, 0.25) is 0 Å². The van der Waals surface area contributed by atoms with E-state index in [0.29, 0.717) is 0 Å². The van der Waals surface area contributed by atoms with Gasteiger partial charge in [-0.1, -0.05) is 33.7 Å². The number of hydrogen-bond acceptors (Lipinski definition) is 5. The van der Waals surface area contributed by atoms with Gasteiger partial charge in [0.1, 0.15) is 0 Å². The molecule has 3 nitrogen and oxygen atoms in total. The molecule has 0 aliphatic carbocycles. The van der Waals surface area contributed by atoms with Crippen LogP contribution in [0.5, 0.6) is 0 Å². The highest BCUT2D eigenvalue weighted by molar-refractivity contribution is 8.83. The summed E-state index contributed by atoms with van der Waals surface area (Å²) in [4.78, 5) is 10.7. The highest BCUT2D eigenvalue weighted by Crippen LogP contribution is 2.38. The molecule has 80 valence electrons. The second-order valence-electron chi connectivity index (χ2n) is 1.84. The highest BCUT2D eigenvalue weighted by Gasteiger charge is 2.13. The molecule has 1 amide bonds. The van der Waals surface area contributed by atoms with Crippen molar-refractivity contribution in [2.24, 2.45) is 0 Å². The summed E-state index contributed by atoms with van der Waals surface area (Å²) < 4.78 is 1.21. The maximum atomic E-state index is 10.7. The number of carboxylic acid groups (broad SMARTS) is 1. The van der Waals surface area contributed by atoms with Gasteiger partial charge in [0, 0.05) is 33.5 Å². The molecule has 0 unspecified atom stereocenters. The van der Waals surface area contributed by atoms with Gasteiger partial charge in [-0.3, -0.25) is 0 Å². The molecule has 0 spiro atoms. The molecule has 0 fully saturated rings. The smallest absolute Gasteiger partial charge is 0.429 e. The molecule has 0 saturated carbocycles. The van der Waals surface area contributed by atoms with E-state index in [1.807, 2.05) is 0 Å². The minimum atomic E-state index is -0.951. The van der Waals surface area contributed by atoms with Crippen molar-refractivity contribution in [1.29, 1.82) is 0 Å². The van der Waals surface area contributed by atoms with Crippen LogP contribution in [0.15, 0.2) is 25.3 Å². The van der Waals surface area contributed by atoms with Crippen LogP contribution >= 0.6 is 43.5 Å². The number of amides is 1.